The molecule has 2 rings (SSSR count). The zero-order valence-electron chi connectivity index (χ0n) is 7.81. The van der Waals surface area contributed by atoms with Crippen molar-refractivity contribution < 1.29 is 4.79 Å². The van der Waals surface area contributed by atoms with Crippen LogP contribution in [0.1, 0.15) is 15.2 Å². The highest BCUT2D eigenvalue weighted by Gasteiger charge is 2.02. The van der Waals surface area contributed by atoms with Crippen LogP contribution in [-0.4, -0.2) is 6.29 Å². The molecular formula is C12H7NOS. The SMILES string of the molecule is N#Cc1cccc(-c2ccc(C=O)s2)c1. The van der Waals surface area contributed by atoms with Gasteiger partial charge >= 0.3 is 0 Å². The summed E-state index contributed by atoms with van der Waals surface area (Å²) < 4.78 is 0. The Morgan fingerprint density at radius 2 is 2.13 bits per heavy atom. The second-order valence-corrected chi connectivity index (χ2v) is 4.13. The molecule has 0 spiro atoms. The number of nitriles is 1. The second-order valence-electron chi connectivity index (χ2n) is 3.01. The lowest BCUT2D eigenvalue weighted by Gasteiger charge is -1.96. The Morgan fingerprint density at radius 1 is 1.27 bits per heavy atom. The van der Waals surface area contributed by atoms with Crippen LogP contribution < -0.4 is 0 Å². The molecule has 0 N–H and O–H groups in total. The third-order valence-electron chi connectivity index (χ3n) is 2.02. The van der Waals surface area contributed by atoms with Gasteiger partial charge in [0.15, 0.2) is 6.29 Å². The van der Waals surface area contributed by atoms with Gasteiger partial charge in [-0.25, -0.2) is 0 Å². The van der Waals surface area contributed by atoms with Crippen molar-refractivity contribution in [1.82, 2.24) is 0 Å². The van der Waals surface area contributed by atoms with Crippen LogP contribution in [0.3, 0.4) is 0 Å². The van der Waals surface area contributed by atoms with Gasteiger partial charge < -0.3 is 0 Å². The first kappa shape index (κ1) is 9.63. The van der Waals surface area contributed by atoms with Crippen LogP contribution >= 0.6 is 11.3 Å². The van der Waals surface area contributed by atoms with E-state index in [9.17, 15) is 4.79 Å². The van der Waals surface area contributed by atoms with Crippen LogP contribution in [0.15, 0.2) is 36.4 Å². The predicted molar refractivity (Wildman–Crippen MR) is 59.9 cm³/mol. The van der Waals surface area contributed by atoms with E-state index in [0.29, 0.717) is 10.4 Å². The molecule has 2 aromatic rings. The first-order chi connectivity index (χ1) is 7.33. The summed E-state index contributed by atoms with van der Waals surface area (Å²) >= 11 is 1.43. The fraction of sp³-hybridized carbons (Fsp3) is 0. The normalized spacial score (nSPS) is 9.53. The molecule has 0 aliphatic rings. The fourth-order valence-corrected chi connectivity index (χ4v) is 2.13. The molecule has 0 bridgehead atoms. The molecule has 0 aliphatic carbocycles. The summed E-state index contributed by atoms with van der Waals surface area (Å²) in [6, 6.07) is 13.1. The number of nitrogens with zero attached hydrogens (tertiary/aromatic N) is 1. The van der Waals surface area contributed by atoms with Crippen LogP contribution in [-0.2, 0) is 0 Å². The maximum Gasteiger partial charge on any atom is 0.160 e. The molecule has 72 valence electrons. The molecule has 1 aromatic carbocycles. The molecule has 3 heteroatoms. The lowest BCUT2D eigenvalue weighted by Crippen LogP contribution is -1.75. The molecule has 0 saturated carbocycles. The Bertz CT molecular complexity index is 537. The highest BCUT2D eigenvalue weighted by Crippen LogP contribution is 2.27. The van der Waals surface area contributed by atoms with E-state index in [0.717, 1.165) is 16.7 Å². The van der Waals surface area contributed by atoms with Crippen molar-refractivity contribution in [2.24, 2.45) is 0 Å². The topological polar surface area (TPSA) is 40.9 Å². The molecule has 0 aliphatic heterocycles. The zero-order valence-corrected chi connectivity index (χ0v) is 8.62. The van der Waals surface area contributed by atoms with E-state index >= 15 is 0 Å². The monoisotopic (exact) mass is 213 g/mol. The van der Waals surface area contributed by atoms with Gasteiger partial charge in [0.1, 0.15) is 0 Å². The standard InChI is InChI=1S/C12H7NOS/c13-7-9-2-1-3-10(6-9)12-5-4-11(8-14)15-12/h1-6,8H. The number of benzene rings is 1. The lowest BCUT2D eigenvalue weighted by molar-refractivity contribution is 0.112. The third-order valence-corrected chi connectivity index (χ3v) is 3.08. The average Bonchev–Trinajstić information content (AvgIpc) is 2.78. The van der Waals surface area contributed by atoms with Gasteiger partial charge in [-0.1, -0.05) is 12.1 Å². The lowest BCUT2D eigenvalue weighted by atomic mass is 10.1. The van der Waals surface area contributed by atoms with Gasteiger partial charge in [-0.2, -0.15) is 5.26 Å². The highest BCUT2D eigenvalue weighted by atomic mass is 32.1. The molecular weight excluding hydrogens is 206 g/mol. The van der Waals surface area contributed by atoms with Crippen molar-refractivity contribution in [2.45, 2.75) is 0 Å². The summed E-state index contributed by atoms with van der Waals surface area (Å²) in [5.41, 5.74) is 1.61. The average molecular weight is 213 g/mol. The van der Waals surface area contributed by atoms with E-state index in [1.807, 2.05) is 24.3 Å². The second kappa shape index (κ2) is 4.07. The van der Waals surface area contributed by atoms with Crippen molar-refractivity contribution >= 4 is 17.6 Å². The van der Waals surface area contributed by atoms with Gasteiger partial charge in [0, 0.05) is 4.88 Å². The molecule has 0 radical (unpaired) electrons. The van der Waals surface area contributed by atoms with E-state index in [2.05, 4.69) is 6.07 Å². The fourth-order valence-electron chi connectivity index (χ4n) is 1.31. The summed E-state index contributed by atoms with van der Waals surface area (Å²) in [5, 5.41) is 8.76. The Labute approximate surface area is 91.4 Å². The summed E-state index contributed by atoms with van der Waals surface area (Å²) in [7, 11) is 0. The Kier molecular flexibility index (Phi) is 2.61. The first-order valence-corrected chi connectivity index (χ1v) is 5.20. The van der Waals surface area contributed by atoms with E-state index in [4.69, 9.17) is 5.26 Å². The molecule has 0 fully saturated rings. The molecule has 1 aromatic heterocycles. The van der Waals surface area contributed by atoms with Crippen LogP contribution in [0.4, 0.5) is 0 Å². The first-order valence-electron chi connectivity index (χ1n) is 4.39. The van der Waals surface area contributed by atoms with Crippen molar-refractivity contribution in [3.05, 3.63) is 46.8 Å². The zero-order chi connectivity index (χ0) is 10.7. The van der Waals surface area contributed by atoms with Crippen LogP contribution in [0.5, 0.6) is 0 Å². The Hall–Kier alpha value is -1.92. The maximum atomic E-state index is 10.5. The summed E-state index contributed by atoms with van der Waals surface area (Å²) in [5.74, 6) is 0. The van der Waals surface area contributed by atoms with Gasteiger partial charge in [-0.05, 0) is 29.8 Å². The number of hydrogen-bond donors (Lipinski definition) is 0. The van der Waals surface area contributed by atoms with Gasteiger partial charge in [0.25, 0.3) is 0 Å². The van der Waals surface area contributed by atoms with Crippen molar-refractivity contribution in [2.75, 3.05) is 0 Å². The number of aldehydes is 1. The molecule has 1 heterocycles. The largest absolute Gasteiger partial charge is 0.297 e. The number of carbonyl (C=O) groups is 1. The van der Waals surface area contributed by atoms with Crippen molar-refractivity contribution in [3.8, 4) is 16.5 Å². The van der Waals surface area contributed by atoms with Gasteiger partial charge in [-0.15, -0.1) is 11.3 Å². The van der Waals surface area contributed by atoms with Crippen molar-refractivity contribution in [1.29, 1.82) is 5.26 Å². The molecule has 2 nitrogen and oxygen atoms in total. The Morgan fingerprint density at radius 3 is 2.80 bits per heavy atom. The molecule has 0 unspecified atom stereocenters. The molecule has 15 heavy (non-hydrogen) atoms. The van der Waals surface area contributed by atoms with Crippen LogP contribution in [0, 0.1) is 11.3 Å². The third kappa shape index (κ3) is 1.95. The molecule has 0 atom stereocenters. The van der Waals surface area contributed by atoms with E-state index in [1.54, 1.807) is 12.1 Å². The van der Waals surface area contributed by atoms with Gasteiger partial charge in [0.2, 0.25) is 0 Å². The predicted octanol–water partition coefficient (Wildman–Crippen LogP) is 3.10. The smallest absolute Gasteiger partial charge is 0.160 e. The number of rotatable bonds is 2. The van der Waals surface area contributed by atoms with E-state index in [-0.39, 0.29) is 0 Å². The maximum absolute atomic E-state index is 10.5. The van der Waals surface area contributed by atoms with E-state index in [1.165, 1.54) is 11.3 Å². The quantitative estimate of drug-likeness (QED) is 0.719. The Balaban J connectivity index is 2.45. The minimum atomic E-state index is 0.633. The minimum absolute atomic E-state index is 0.633. The van der Waals surface area contributed by atoms with Crippen LogP contribution in [0.2, 0.25) is 0 Å². The molecule has 0 saturated heterocycles. The number of carbonyl (C=O) groups excluding carboxylic acids is 1. The number of thiophene rings is 1. The minimum Gasteiger partial charge on any atom is -0.297 e. The summed E-state index contributed by atoms with van der Waals surface area (Å²) in [4.78, 5) is 12.2. The van der Waals surface area contributed by atoms with Gasteiger partial charge in [-0.3, -0.25) is 4.79 Å². The van der Waals surface area contributed by atoms with Crippen LogP contribution in [0.25, 0.3) is 10.4 Å². The van der Waals surface area contributed by atoms with Gasteiger partial charge in [0.05, 0.1) is 16.5 Å². The summed E-state index contributed by atoms with van der Waals surface area (Å²) in [6.07, 6.45) is 0.836. The number of hydrogen-bond acceptors (Lipinski definition) is 3. The molecule has 0 amide bonds. The summed E-state index contributed by atoms with van der Waals surface area (Å²) in [6.45, 7) is 0. The highest BCUT2D eigenvalue weighted by molar-refractivity contribution is 7.17. The van der Waals surface area contributed by atoms with Crippen molar-refractivity contribution in [3.63, 3.8) is 0 Å². The van der Waals surface area contributed by atoms with E-state index < -0.39 is 0 Å².